The van der Waals surface area contributed by atoms with Gasteiger partial charge < -0.3 is 5.11 Å². The first-order chi connectivity index (χ1) is 5.97. The molecule has 1 N–H and O–H groups in total. The molecule has 1 fully saturated rings. The maximum Gasteiger partial charge on any atom is 0.0958 e. The number of hydroxylamine groups is 2. The van der Waals surface area contributed by atoms with Gasteiger partial charge in [0.1, 0.15) is 0 Å². The average molecular weight is 183 g/mol. The Morgan fingerprint density at radius 2 is 2.23 bits per heavy atom. The van der Waals surface area contributed by atoms with Gasteiger partial charge in [-0.25, -0.2) is 0 Å². The lowest BCUT2D eigenvalue weighted by molar-refractivity contribution is -0.0994. The lowest BCUT2D eigenvalue weighted by Gasteiger charge is -2.10. The van der Waals surface area contributed by atoms with E-state index in [0.29, 0.717) is 19.7 Å². The summed E-state index contributed by atoms with van der Waals surface area (Å²) in [7, 11) is 0. The quantitative estimate of drug-likeness (QED) is 0.606. The highest BCUT2D eigenvalue weighted by molar-refractivity contribution is 5.08. The highest BCUT2D eigenvalue weighted by Crippen LogP contribution is 2.10. The number of aliphatic hydroxyl groups is 1. The van der Waals surface area contributed by atoms with Gasteiger partial charge in [-0.15, -0.1) is 0 Å². The molecular weight excluding hydrogens is 166 g/mol. The zero-order valence-corrected chi connectivity index (χ0v) is 8.50. The third-order valence-corrected chi connectivity index (χ3v) is 1.58. The van der Waals surface area contributed by atoms with E-state index < -0.39 is 0 Å². The molecule has 0 saturated carbocycles. The van der Waals surface area contributed by atoms with Crippen LogP contribution in [0.15, 0.2) is 0 Å². The van der Waals surface area contributed by atoms with Crippen molar-refractivity contribution >= 4 is 0 Å². The first kappa shape index (κ1) is 10.5. The molecule has 0 amide bonds. The molecule has 0 bridgehead atoms. The van der Waals surface area contributed by atoms with Crippen molar-refractivity contribution in [3.05, 3.63) is 0 Å². The Hall–Kier alpha value is -0.560. The predicted molar refractivity (Wildman–Crippen MR) is 50.8 cm³/mol. The zero-order chi connectivity index (χ0) is 9.90. The van der Waals surface area contributed by atoms with Crippen LogP contribution in [0.1, 0.15) is 20.8 Å². The lowest BCUT2D eigenvalue weighted by Crippen LogP contribution is -2.21. The Morgan fingerprint density at radius 1 is 1.54 bits per heavy atom. The Kier molecular flexibility index (Phi) is 3.32. The highest BCUT2D eigenvalue weighted by Gasteiger charge is 2.19. The van der Waals surface area contributed by atoms with Gasteiger partial charge in [-0.1, -0.05) is 11.8 Å². The van der Waals surface area contributed by atoms with Gasteiger partial charge in [0.05, 0.1) is 25.8 Å². The van der Waals surface area contributed by atoms with Gasteiger partial charge in [-0.3, -0.25) is 4.84 Å². The van der Waals surface area contributed by atoms with E-state index in [4.69, 9.17) is 9.94 Å². The van der Waals surface area contributed by atoms with Crippen LogP contribution in [0.2, 0.25) is 0 Å². The number of hydrogen-bond acceptors (Lipinski definition) is 3. The minimum absolute atomic E-state index is 0.0400. The topological polar surface area (TPSA) is 32.7 Å². The summed E-state index contributed by atoms with van der Waals surface area (Å²) in [6, 6.07) is 0. The molecule has 0 aromatic heterocycles. The molecule has 0 aromatic rings. The summed E-state index contributed by atoms with van der Waals surface area (Å²) in [6.07, 6.45) is -0.351. The summed E-state index contributed by atoms with van der Waals surface area (Å²) in [6.45, 7) is 7.75. The smallest absolute Gasteiger partial charge is 0.0958 e. The van der Waals surface area contributed by atoms with Crippen molar-refractivity contribution < 1.29 is 9.94 Å². The summed E-state index contributed by atoms with van der Waals surface area (Å²) < 4.78 is 0. The summed E-state index contributed by atoms with van der Waals surface area (Å²) >= 11 is 0. The van der Waals surface area contributed by atoms with Gasteiger partial charge in [0.2, 0.25) is 0 Å². The maximum atomic E-state index is 9.14. The Morgan fingerprint density at radius 3 is 2.69 bits per heavy atom. The molecule has 3 nitrogen and oxygen atoms in total. The number of hydrogen-bond donors (Lipinski definition) is 1. The van der Waals surface area contributed by atoms with Crippen molar-refractivity contribution in [2.75, 3.05) is 19.7 Å². The molecule has 1 atom stereocenters. The monoisotopic (exact) mass is 183 g/mol. The van der Waals surface area contributed by atoms with Crippen LogP contribution in [0.5, 0.6) is 0 Å². The van der Waals surface area contributed by atoms with Crippen LogP contribution < -0.4 is 0 Å². The second-order valence-electron chi connectivity index (χ2n) is 4.32. The van der Waals surface area contributed by atoms with Crippen molar-refractivity contribution in [3.8, 4) is 11.8 Å². The molecular formula is C10H17NO2. The number of nitrogens with zero attached hydrogens (tertiary/aromatic N) is 1. The minimum Gasteiger partial charge on any atom is -0.389 e. The molecule has 13 heavy (non-hydrogen) atoms. The van der Waals surface area contributed by atoms with Crippen molar-refractivity contribution in [2.24, 2.45) is 5.41 Å². The number of β-amino-alcohol motifs (C(OH)–C–C–N with tert-alkyl or cyclic N) is 1. The van der Waals surface area contributed by atoms with Gasteiger partial charge >= 0.3 is 0 Å². The molecule has 0 radical (unpaired) electrons. The largest absolute Gasteiger partial charge is 0.389 e. The van der Waals surface area contributed by atoms with Gasteiger partial charge in [-0.2, -0.15) is 5.06 Å². The van der Waals surface area contributed by atoms with Crippen molar-refractivity contribution in [1.82, 2.24) is 5.06 Å². The van der Waals surface area contributed by atoms with E-state index >= 15 is 0 Å². The van der Waals surface area contributed by atoms with Crippen LogP contribution in [0.25, 0.3) is 0 Å². The van der Waals surface area contributed by atoms with Gasteiger partial charge in [-0.05, 0) is 20.8 Å². The molecule has 0 spiro atoms. The van der Waals surface area contributed by atoms with Gasteiger partial charge in [0.25, 0.3) is 0 Å². The molecule has 1 heterocycles. The molecule has 74 valence electrons. The van der Waals surface area contributed by atoms with E-state index in [0.717, 1.165) is 0 Å². The highest BCUT2D eigenvalue weighted by atomic mass is 16.7. The Balaban J connectivity index is 2.29. The summed E-state index contributed by atoms with van der Waals surface area (Å²) in [5, 5.41) is 10.8. The molecule has 1 rings (SSSR count). The first-order valence-electron chi connectivity index (χ1n) is 4.53. The fraction of sp³-hybridized carbons (Fsp3) is 0.800. The molecule has 0 aromatic carbocycles. The zero-order valence-electron chi connectivity index (χ0n) is 8.50. The Labute approximate surface area is 79.6 Å². The van der Waals surface area contributed by atoms with Crippen molar-refractivity contribution in [3.63, 3.8) is 0 Å². The number of rotatable bonds is 1. The third-order valence-electron chi connectivity index (χ3n) is 1.58. The Bertz CT molecular complexity index is 221. The van der Waals surface area contributed by atoms with Gasteiger partial charge in [0, 0.05) is 5.41 Å². The molecule has 0 unspecified atom stereocenters. The normalized spacial score (nSPS) is 24.2. The van der Waals surface area contributed by atoms with Crippen LogP contribution in [0, 0.1) is 17.3 Å². The van der Waals surface area contributed by atoms with E-state index in [2.05, 4.69) is 32.6 Å². The number of aliphatic hydroxyl groups excluding tert-OH is 1. The molecule has 1 aliphatic heterocycles. The molecule has 1 aliphatic rings. The van der Waals surface area contributed by atoms with Crippen LogP contribution in [-0.2, 0) is 4.84 Å². The fourth-order valence-corrected chi connectivity index (χ4v) is 1.03. The minimum atomic E-state index is -0.351. The fourth-order valence-electron chi connectivity index (χ4n) is 1.03. The first-order valence-corrected chi connectivity index (χ1v) is 4.53. The second kappa shape index (κ2) is 4.10. The van der Waals surface area contributed by atoms with Crippen molar-refractivity contribution in [1.29, 1.82) is 0 Å². The van der Waals surface area contributed by atoms with Crippen LogP contribution >= 0.6 is 0 Å². The summed E-state index contributed by atoms with van der Waals surface area (Å²) in [5.74, 6) is 6.14. The van der Waals surface area contributed by atoms with E-state index in [1.54, 1.807) is 5.06 Å². The van der Waals surface area contributed by atoms with Crippen LogP contribution in [0.4, 0.5) is 0 Å². The summed E-state index contributed by atoms with van der Waals surface area (Å²) in [4.78, 5) is 5.16. The molecule has 3 heteroatoms. The predicted octanol–water partition coefficient (Wildman–Crippen LogP) is 0.644. The standard InChI is InChI=1S/C10H17NO2/c1-10(2,3)5-4-6-11-7-9(12)8-13-11/h9,12H,6-8H2,1-3H3/t9-/m0/s1. The van der Waals surface area contributed by atoms with Crippen LogP contribution in [-0.4, -0.2) is 36.0 Å². The maximum absolute atomic E-state index is 9.14. The van der Waals surface area contributed by atoms with E-state index in [1.165, 1.54) is 0 Å². The van der Waals surface area contributed by atoms with E-state index in [1.807, 2.05) is 0 Å². The van der Waals surface area contributed by atoms with E-state index in [-0.39, 0.29) is 11.5 Å². The lowest BCUT2D eigenvalue weighted by atomic mass is 9.98. The summed E-state index contributed by atoms with van der Waals surface area (Å²) in [5.41, 5.74) is 0.0400. The third kappa shape index (κ3) is 4.28. The molecule has 0 aliphatic carbocycles. The van der Waals surface area contributed by atoms with E-state index in [9.17, 15) is 0 Å². The SMILES string of the molecule is CC(C)(C)C#CCN1C[C@H](O)CO1. The molecule has 1 saturated heterocycles. The van der Waals surface area contributed by atoms with Crippen molar-refractivity contribution in [2.45, 2.75) is 26.9 Å². The van der Waals surface area contributed by atoms with Gasteiger partial charge in [0.15, 0.2) is 0 Å². The second-order valence-corrected chi connectivity index (χ2v) is 4.32. The average Bonchev–Trinajstić information content (AvgIpc) is 2.33. The van der Waals surface area contributed by atoms with Crippen LogP contribution in [0.3, 0.4) is 0 Å².